The zero-order chi connectivity index (χ0) is 14.7. The van der Waals surface area contributed by atoms with Crippen molar-refractivity contribution in [1.82, 2.24) is 5.32 Å². The number of methoxy groups -OCH3 is 2. The molecule has 1 aliphatic rings. The number of carboxylic acids is 1. The van der Waals surface area contributed by atoms with Gasteiger partial charge >= 0.3 is 11.9 Å². The lowest BCUT2D eigenvalue weighted by molar-refractivity contribution is -0.138. The van der Waals surface area contributed by atoms with Crippen molar-refractivity contribution in [3.8, 4) is 5.75 Å². The molecule has 0 radical (unpaired) electrons. The summed E-state index contributed by atoms with van der Waals surface area (Å²) >= 11 is 0. The molecule has 1 aromatic carbocycles. The van der Waals surface area contributed by atoms with Gasteiger partial charge in [-0.3, -0.25) is 4.79 Å². The zero-order valence-corrected chi connectivity index (χ0v) is 11.4. The van der Waals surface area contributed by atoms with Crippen LogP contribution in [-0.2, 0) is 16.1 Å². The summed E-state index contributed by atoms with van der Waals surface area (Å²) in [6.45, 7) is 0.534. The Hall–Kier alpha value is -2.08. The minimum atomic E-state index is -0.763. The number of carbonyl (C=O) groups excluding carboxylic acids is 1. The van der Waals surface area contributed by atoms with Crippen molar-refractivity contribution in [1.29, 1.82) is 0 Å². The van der Waals surface area contributed by atoms with E-state index in [0.717, 1.165) is 5.56 Å². The normalized spacial score (nSPS) is 20.3. The molecule has 2 atom stereocenters. The lowest BCUT2D eigenvalue weighted by Crippen LogP contribution is -2.20. The molecule has 1 fully saturated rings. The second kappa shape index (κ2) is 5.92. The summed E-state index contributed by atoms with van der Waals surface area (Å²) in [5.41, 5.74) is 1.29. The van der Waals surface area contributed by atoms with Gasteiger partial charge in [0.05, 0.1) is 20.1 Å². The summed E-state index contributed by atoms with van der Waals surface area (Å²) in [6.07, 6.45) is 0.659. The molecule has 0 bridgehead atoms. The number of carbonyl (C=O) groups is 2. The van der Waals surface area contributed by atoms with Crippen molar-refractivity contribution < 1.29 is 24.2 Å². The Morgan fingerprint density at radius 3 is 2.70 bits per heavy atom. The fourth-order valence-electron chi connectivity index (χ4n) is 2.07. The van der Waals surface area contributed by atoms with E-state index in [1.165, 1.54) is 14.2 Å². The van der Waals surface area contributed by atoms with Crippen LogP contribution in [0.3, 0.4) is 0 Å². The molecular formula is C14H17NO5. The van der Waals surface area contributed by atoms with E-state index < -0.39 is 11.9 Å². The Balaban J connectivity index is 1.99. The maximum Gasteiger partial charge on any atom is 0.341 e. The van der Waals surface area contributed by atoms with Crippen molar-refractivity contribution >= 4 is 11.9 Å². The number of benzene rings is 1. The lowest BCUT2D eigenvalue weighted by Gasteiger charge is -2.10. The number of rotatable bonds is 6. The zero-order valence-electron chi connectivity index (χ0n) is 11.4. The van der Waals surface area contributed by atoms with E-state index in [2.05, 4.69) is 10.1 Å². The molecule has 108 valence electrons. The van der Waals surface area contributed by atoms with Crippen LogP contribution < -0.4 is 10.1 Å². The van der Waals surface area contributed by atoms with E-state index in [9.17, 15) is 9.59 Å². The van der Waals surface area contributed by atoms with Crippen LogP contribution in [0.15, 0.2) is 18.2 Å². The number of hydrogen-bond acceptors (Lipinski definition) is 5. The van der Waals surface area contributed by atoms with Gasteiger partial charge in [0.2, 0.25) is 0 Å². The van der Waals surface area contributed by atoms with Gasteiger partial charge in [-0.15, -0.1) is 0 Å². The van der Waals surface area contributed by atoms with Crippen LogP contribution in [0, 0.1) is 5.92 Å². The predicted molar refractivity (Wildman–Crippen MR) is 70.7 cm³/mol. The molecule has 0 aromatic heterocycles. The molecule has 2 unspecified atom stereocenters. The monoisotopic (exact) mass is 279 g/mol. The highest BCUT2D eigenvalue weighted by atomic mass is 16.5. The molecule has 2 N–H and O–H groups in total. The highest BCUT2D eigenvalue weighted by Gasteiger charge is 2.42. The van der Waals surface area contributed by atoms with Gasteiger partial charge in [-0.1, -0.05) is 6.07 Å². The fraction of sp³-hybridized carbons (Fsp3) is 0.429. The summed E-state index contributed by atoms with van der Waals surface area (Å²) < 4.78 is 9.84. The van der Waals surface area contributed by atoms with E-state index in [-0.39, 0.29) is 12.0 Å². The lowest BCUT2D eigenvalue weighted by atomic mass is 10.1. The first-order valence-corrected chi connectivity index (χ1v) is 6.28. The third-order valence-corrected chi connectivity index (χ3v) is 3.35. The van der Waals surface area contributed by atoms with Crippen LogP contribution in [-0.4, -0.2) is 37.3 Å². The van der Waals surface area contributed by atoms with Crippen LogP contribution >= 0.6 is 0 Å². The van der Waals surface area contributed by atoms with E-state index in [4.69, 9.17) is 9.84 Å². The molecule has 6 heteroatoms. The summed E-state index contributed by atoms with van der Waals surface area (Å²) in [5.74, 6) is -1.05. The molecule has 0 heterocycles. The summed E-state index contributed by atoms with van der Waals surface area (Å²) in [4.78, 5) is 22.2. The quantitative estimate of drug-likeness (QED) is 0.757. The van der Waals surface area contributed by atoms with Gasteiger partial charge in [0.25, 0.3) is 0 Å². The third-order valence-electron chi connectivity index (χ3n) is 3.35. The van der Waals surface area contributed by atoms with E-state index in [0.29, 0.717) is 24.3 Å². The summed E-state index contributed by atoms with van der Waals surface area (Å²) in [7, 11) is 2.80. The van der Waals surface area contributed by atoms with E-state index >= 15 is 0 Å². The number of aliphatic carboxylic acids is 1. The van der Waals surface area contributed by atoms with Gasteiger partial charge in [0.1, 0.15) is 11.3 Å². The SMILES string of the molecule is COC(=O)c1ccc(CNC2CC2C(=O)O)cc1OC. The molecule has 6 nitrogen and oxygen atoms in total. The van der Waals surface area contributed by atoms with Gasteiger partial charge < -0.3 is 19.9 Å². The Kier molecular flexibility index (Phi) is 4.24. The number of nitrogens with one attached hydrogen (secondary N) is 1. The highest BCUT2D eigenvalue weighted by molar-refractivity contribution is 5.92. The van der Waals surface area contributed by atoms with Crippen molar-refractivity contribution in [2.45, 2.75) is 19.0 Å². The molecule has 0 amide bonds. The molecule has 1 saturated carbocycles. The molecule has 2 rings (SSSR count). The van der Waals surface area contributed by atoms with Gasteiger partial charge in [-0.2, -0.15) is 0 Å². The third kappa shape index (κ3) is 3.08. The first kappa shape index (κ1) is 14.3. The minimum absolute atomic E-state index is 0.0266. The van der Waals surface area contributed by atoms with Crippen molar-refractivity contribution in [3.63, 3.8) is 0 Å². The van der Waals surface area contributed by atoms with Crippen molar-refractivity contribution in [2.24, 2.45) is 5.92 Å². The second-order valence-electron chi connectivity index (χ2n) is 4.69. The maximum atomic E-state index is 11.5. The molecule has 1 aromatic rings. The minimum Gasteiger partial charge on any atom is -0.496 e. The average molecular weight is 279 g/mol. The molecule has 0 aliphatic heterocycles. The Morgan fingerprint density at radius 1 is 1.40 bits per heavy atom. The largest absolute Gasteiger partial charge is 0.496 e. The van der Waals surface area contributed by atoms with Crippen LogP contribution in [0.25, 0.3) is 0 Å². The van der Waals surface area contributed by atoms with Gasteiger partial charge in [0, 0.05) is 12.6 Å². The summed E-state index contributed by atoms with van der Waals surface area (Å²) in [5, 5.41) is 12.0. The molecule has 0 saturated heterocycles. The van der Waals surface area contributed by atoms with Crippen LogP contribution in [0.5, 0.6) is 5.75 Å². The maximum absolute atomic E-state index is 11.5. The fourth-order valence-corrected chi connectivity index (χ4v) is 2.07. The molecule has 20 heavy (non-hydrogen) atoms. The van der Waals surface area contributed by atoms with Gasteiger partial charge in [-0.05, 0) is 24.1 Å². The Labute approximate surface area is 116 Å². The molecular weight excluding hydrogens is 262 g/mol. The Morgan fingerprint density at radius 2 is 2.15 bits per heavy atom. The number of hydrogen-bond donors (Lipinski definition) is 2. The first-order chi connectivity index (χ1) is 9.56. The second-order valence-corrected chi connectivity index (χ2v) is 4.69. The standard InChI is InChI=1S/C14H17NO5/c1-19-12-5-8(3-4-9(12)14(18)20-2)7-15-11-6-10(11)13(16)17/h3-5,10-11,15H,6-7H2,1-2H3,(H,16,17). The smallest absolute Gasteiger partial charge is 0.341 e. The van der Waals surface area contributed by atoms with Crippen molar-refractivity contribution in [2.75, 3.05) is 14.2 Å². The number of carboxylic acid groups (broad SMARTS) is 1. The van der Waals surface area contributed by atoms with Crippen LogP contribution in [0.2, 0.25) is 0 Å². The predicted octanol–water partition coefficient (Wildman–Crippen LogP) is 1.04. The average Bonchev–Trinajstić information content (AvgIpc) is 3.23. The summed E-state index contributed by atoms with van der Waals surface area (Å²) in [6, 6.07) is 5.21. The van der Waals surface area contributed by atoms with Crippen LogP contribution in [0.1, 0.15) is 22.3 Å². The van der Waals surface area contributed by atoms with Gasteiger partial charge in [0.15, 0.2) is 0 Å². The van der Waals surface area contributed by atoms with E-state index in [1.807, 2.05) is 0 Å². The first-order valence-electron chi connectivity index (χ1n) is 6.28. The highest BCUT2D eigenvalue weighted by Crippen LogP contribution is 2.31. The number of ether oxygens (including phenoxy) is 2. The Bertz CT molecular complexity index is 528. The van der Waals surface area contributed by atoms with Gasteiger partial charge in [-0.25, -0.2) is 4.79 Å². The molecule has 1 aliphatic carbocycles. The van der Waals surface area contributed by atoms with E-state index in [1.54, 1.807) is 18.2 Å². The topological polar surface area (TPSA) is 84.9 Å². The number of esters is 1. The molecule has 0 spiro atoms. The van der Waals surface area contributed by atoms with Crippen LogP contribution in [0.4, 0.5) is 0 Å². The van der Waals surface area contributed by atoms with Crippen molar-refractivity contribution in [3.05, 3.63) is 29.3 Å².